The highest BCUT2D eigenvalue weighted by Crippen LogP contribution is 2.07. The summed E-state index contributed by atoms with van der Waals surface area (Å²) in [5, 5.41) is 11.0. The Kier molecular flexibility index (Phi) is 5.42. The van der Waals surface area contributed by atoms with Gasteiger partial charge in [0.05, 0.1) is 18.7 Å². The number of primary amides is 1. The Morgan fingerprint density at radius 2 is 2.06 bits per heavy atom. The van der Waals surface area contributed by atoms with Crippen LogP contribution in [0.15, 0.2) is 24.3 Å². The number of carbonyl (C=O) groups is 2. The second-order valence-electron chi connectivity index (χ2n) is 3.47. The largest absolute Gasteiger partial charge is 0.395 e. The SMILES string of the molecule is NC(=O)CNC(=O)c1ccccc1C#CCCO. The van der Waals surface area contributed by atoms with Crippen molar-refractivity contribution in [1.82, 2.24) is 5.32 Å². The van der Waals surface area contributed by atoms with Gasteiger partial charge in [-0.3, -0.25) is 9.59 Å². The van der Waals surface area contributed by atoms with Gasteiger partial charge in [0.15, 0.2) is 0 Å². The van der Waals surface area contributed by atoms with Gasteiger partial charge in [0.1, 0.15) is 0 Å². The van der Waals surface area contributed by atoms with Crippen molar-refractivity contribution < 1.29 is 14.7 Å². The Hall–Kier alpha value is -2.32. The third-order valence-electron chi connectivity index (χ3n) is 2.05. The minimum absolute atomic E-state index is 0.0248. The molecular weight excluding hydrogens is 232 g/mol. The summed E-state index contributed by atoms with van der Waals surface area (Å²) in [7, 11) is 0. The number of amides is 2. The van der Waals surface area contributed by atoms with Crippen LogP contribution in [0.1, 0.15) is 22.3 Å². The van der Waals surface area contributed by atoms with E-state index in [0.717, 1.165) is 0 Å². The average molecular weight is 246 g/mol. The highest BCUT2D eigenvalue weighted by Gasteiger charge is 2.09. The van der Waals surface area contributed by atoms with Gasteiger partial charge in [-0.25, -0.2) is 0 Å². The lowest BCUT2D eigenvalue weighted by Crippen LogP contribution is -2.33. The topological polar surface area (TPSA) is 92.4 Å². The van der Waals surface area contributed by atoms with Gasteiger partial charge < -0.3 is 16.2 Å². The van der Waals surface area contributed by atoms with E-state index < -0.39 is 11.8 Å². The summed E-state index contributed by atoms with van der Waals surface area (Å²) in [6.45, 7) is -0.236. The number of nitrogens with two attached hydrogens (primary N) is 1. The normalized spacial score (nSPS) is 9.17. The quantitative estimate of drug-likeness (QED) is 0.633. The summed E-state index contributed by atoms with van der Waals surface area (Å²) in [5.41, 5.74) is 5.87. The molecule has 0 atom stereocenters. The van der Waals surface area contributed by atoms with Crippen molar-refractivity contribution in [3.8, 4) is 11.8 Å². The van der Waals surface area contributed by atoms with Crippen molar-refractivity contribution in [1.29, 1.82) is 0 Å². The van der Waals surface area contributed by atoms with Crippen LogP contribution in [0.3, 0.4) is 0 Å². The molecule has 4 N–H and O–H groups in total. The number of hydrogen-bond donors (Lipinski definition) is 3. The van der Waals surface area contributed by atoms with E-state index in [-0.39, 0.29) is 13.2 Å². The summed E-state index contributed by atoms with van der Waals surface area (Å²) in [5.74, 6) is 4.53. The Bertz CT molecular complexity index is 500. The minimum atomic E-state index is -0.604. The number of aliphatic hydroxyl groups excluding tert-OH is 1. The Balaban J connectivity index is 2.85. The molecule has 0 heterocycles. The fourth-order valence-electron chi connectivity index (χ4n) is 1.27. The van der Waals surface area contributed by atoms with Crippen molar-refractivity contribution in [3.05, 3.63) is 35.4 Å². The van der Waals surface area contributed by atoms with Crippen LogP contribution in [0, 0.1) is 11.8 Å². The first-order valence-corrected chi connectivity index (χ1v) is 5.40. The van der Waals surface area contributed by atoms with E-state index in [2.05, 4.69) is 17.2 Å². The number of benzene rings is 1. The fourth-order valence-corrected chi connectivity index (χ4v) is 1.27. The molecule has 2 amide bonds. The number of hydrogen-bond acceptors (Lipinski definition) is 3. The van der Waals surface area contributed by atoms with Crippen LogP contribution < -0.4 is 11.1 Å². The molecule has 0 saturated carbocycles. The lowest BCUT2D eigenvalue weighted by Gasteiger charge is -2.04. The molecule has 1 rings (SSSR count). The van der Waals surface area contributed by atoms with Crippen LogP contribution in [0.5, 0.6) is 0 Å². The summed E-state index contributed by atoms with van der Waals surface area (Å²) in [6.07, 6.45) is 0.344. The van der Waals surface area contributed by atoms with Crippen LogP contribution in [0.2, 0.25) is 0 Å². The van der Waals surface area contributed by atoms with Gasteiger partial charge >= 0.3 is 0 Å². The van der Waals surface area contributed by atoms with E-state index in [1.807, 2.05) is 0 Å². The molecule has 1 aromatic rings. The molecule has 0 spiro atoms. The fraction of sp³-hybridized carbons (Fsp3) is 0.231. The standard InChI is InChI=1S/C13H14N2O3/c14-12(17)9-15-13(18)11-7-2-1-5-10(11)6-3-4-8-16/h1-2,5,7,16H,4,8-9H2,(H2,14,17)(H,15,18). The zero-order valence-electron chi connectivity index (χ0n) is 9.77. The number of aliphatic hydroxyl groups is 1. The third kappa shape index (κ3) is 4.28. The van der Waals surface area contributed by atoms with E-state index in [4.69, 9.17) is 10.8 Å². The molecule has 0 radical (unpaired) electrons. The van der Waals surface area contributed by atoms with Crippen LogP contribution in [0.25, 0.3) is 0 Å². The number of nitrogens with one attached hydrogen (secondary N) is 1. The van der Waals surface area contributed by atoms with Gasteiger partial charge in [0, 0.05) is 12.0 Å². The Labute approximate surface area is 105 Å². The van der Waals surface area contributed by atoms with Gasteiger partial charge in [-0.15, -0.1) is 0 Å². The zero-order valence-corrected chi connectivity index (χ0v) is 9.77. The second kappa shape index (κ2) is 7.09. The molecule has 18 heavy (non-hydrogen) atoms. The van der Waals surface area contributed by atoms with E-state index >= 15 is 0 Å². The lowest BCUT2D eigenvalue weighted by atomic mass is 10.1. The van der Waals surface area contributed by atoms with E-state index in [1.54, 1.807) is 24.3 Å². The van der Waals surface area contributed by atoms with Crippen LogP contribution >= 0.6 is 0 Å². The first kappa shape index (κ1) is 13.7. The molecule has 0 aliphatic rings. The molecule has 5 heteroatoms. The van der Waals surface area contributed by atoms with Crippen molar-refractivity contribution >= 4 is 11.8 Å². The summed E-state index contributed by atoms with van der Waals surface area (Å²) in [4.78, 5) is 22.3. The van der Waals surface area contributed by atoms with E-state index in [1.165, 1.54) is 0 Å². The van der Waals surface area contributed by atoms with Crippen molar-refractivity contribution in [3.63, 3.8) is 0 Å². The Morgan fingerprint density at radius 1 is 1.33 bits per heavy atom. The van der Waals surface area contributed by atoms with E-state index in [9.17, 15) is 9.59 Å². The molecule has 5 nitrogen and oxygen atoms in total. The third-order valence-corrected chi connectivity index (χ3v) is 2.05. The molecule has 0 aliphatic carbocycles. The summed E-state index contributed by atoms with van der Waals surface area (Å²) >= 11 is 0. The van der Waals surface area contributed by atoms with Gasteiger partial charge in [-0.05, 0) is 12.1 Å². The van der Waals surface area contributed by atoms with Gasteiger partial charge in [-0.1, -0.05) is 24.0 Å². The molecule has 0 saturated heterocycles. The summed E-state index contributed by atoms with van der Waals surface area (Å²) in [6, 6.07) is 6.77. The molecule has 0 fully saturated rings. The molecule has 0 unspecified atom stereocenters. The number of carbonyl (C=O) groups excluding carboxylic acids is 2. The first-order valence-electron chi connectivity index (χ1n) is 5.40. The lowest BCUT2D eigenvalue weighted by molar-refractivity contribution is -0.117. The number of rotatable bonds is 4. The van der Waals surface area contributed by atoms with Crippen molar-refractivity contribution in [2.75, 3.05) is 13.2 Å². The average Bonchev–Trinajstić information content (AvgIpc) is 2.37. The molecular formula is C13H14N2O3. The van der Waals surface area contributed by atoms with Gasteiger partial charge in [0.2, 0.25) is 5.91 Å². The molecule has 0 bridgehead atoms. The van der Waals surface area contributed by atoms with E-state index in [0.29, 0.717) is 17.5 Å². The molecule has 0 aliphatic heterocycles. The predicted molar refractivity (Wildman–Crippen MR) is 66.6 cm³/mol. The van der Waals surface area contributed by atoms with Crippen molar-refractivity contribution in [2.24, 2.45) is 5.73 Å². The van der Waals surface area contributed by atoms with Gasteiger partial charge in [0.25, 0.3) is 5.91 Å². The smallest absolute Gasteiger partial charge is 0.252 e. The minimum Gasteiger partial charge on any atom is -0.395 e. The van der Waals surface area contributed by atoms with Crippen LogP contribution in [-0.4, -0.2) is 30.1 Å². The maximum Gasteiger partial charge on any atom is 0.252 e. The maximum atomic E-state index is 11.8. The maximum absolute atomic E-state index is 11.8. The molecule has 94 valence electrons. The highest BCUT2D eigenvalue weighted by atomic mass is 16.2. The predicted octanol–water partition coefficient (Wildman–Crippen LogP) is -0.364. The Morgan fingerprint density at radius 3 is 2.72 bits per heavy atom. The molecule has 1 aromatic carbocycles. The zero-order chi connectivity index (χ0) is 13.4. The summed E-state index contributed by atoms with van der Waals surface area (Å²) < 4.78 is 0. The first-order chi connectivity index (χ1) is 8.65. The molecule has 0 aromatic heterocycles. The second-order valence-corrected chi connectivity index (χ2v) is 3.47. The monoisotopic (exact) mass is 246 g/mol. The van der Waals surface area contributed by atoms with Crippen LogP contribution in [-0.2, 0) is 4.79 Å². The van der Waals surface area contributed by atoms with Crippen LogP contribution in [0.4, 0.5) is 0 Å². The van der Waals surface area contributed by atoms with Crippen molar-refractivity contribution in [2.45, 2.75) is 6.42 Å². The van der Waals surface area contributed by atoms with Gasteiger partial charge in [-0.2, -0.15) is 0 Å². The highest BCUT2D eigenvalue weighted by molar-refractivity contribution is 5.98.